The summed E-state index contributed by atoms with van der Waals surface area (Å²) in [6, 6.07) is 26.7. The number of hydrogen-bond donors (Lipinski definition) is 3. The standard InChI is InChI=1S/C67H70N4O6/c1-13-15-16-17-18-21-32-71-50-30-25-39(63(76)77)33-49(50)66(7,8)54(71)36-45-59(72)43(60(45)73)34-52-64(3,4)47-28-26-42-41(57(47)68(52)11)27-29-48-58(42)69(12)53(65(48,5)6)35-44-61(74)46(62(44)75)37-55-67(9,10)56-40-23-20-19-22-38(40)24-31-51(56)70(55)14-2/h19-20,22-31,33-37H,13-18,21,32H2,1-12H3,(H-2,72,73,74,75,76,77)/p+2. The number of hydrogen-bond acceptors (Lipinski definition) is 7. The number of carboxylic acid groups (broad SMARTS) is 1. The number of unbranched alkanes of at least 4 members (excludes halogenated alkanes) is 5. The number of carbonyl (C=O) groups is 3. The Morgan fingerprint density at radius 1 is 0.623 bits per heavy atom. The molecule has 5 aromatic carbocycles. The third-order valence-electron chi connectivity index (χ3n) is 18.2. The van der Waals surface area contributed by atoms with E-state index in [0.29, 0.717) is 17.7 Å². The van der Waals surface area contributed by atoms with E-state index in [0.717, 1.165) is 98.8 Å². The van der Waals surface area contributed by atoms with Crippen molar-refractivity contribution in [3.63, 3.8) is 0 Å². The minimum atomic E-state index is -0.986. The van der Waals surface area contributed by atoms with E-state index >= 15 is 0 Å². The molecule has 77 heavy (non-hydrogen) atoms. The zero-order valence-corrected chi connectivity index (χ0v) is 46.8. The van der Waals surface area contributed by atoms with Crippen molar-refractivity contribution in [3.05, 3.63) is 176 Å². The number of nitrogens with zero attached hydrogens (tertiary/aromatic N) is 4. The first-order valence-electron chi connectivity index (χ1n) is 27.6. The second-order valence-electron chi connectivity index (χ2n) is 24.1. The van der Waals surface area contributed by atoms with Crippen LogP contribution in [0.25, 0.3) is 21.5 Å². The lowest BCUT2D eigenvalue weighted by atomic mass is 9.76. The third-order valence-corrected chi connectivity index (χ3v) is 18.2. The SMILES string of the molecule is CCCCCCCC[N+]1=C(/C=C2/C(=O)C(/C=C3\N(C)c4c(ccc5c6c(ccc45)C(C)(C)C(/C=C4/C(=O)C(/C=C5\N(CC)c7ccc8ccccc8c7C5(C)C)=C4O)=[N+]6C)C3(C)C)=C2O)C(C)(C)c2cc(C(=O)O)ccc21. The van der Waals surface area contributed by atoms with E-state index in [1.54, 1.807) is 12.1 Å². The molecule has 0 atom stereocenters. The monoisotopic (exact) mass is 1030 g/mol. The Bertz CT molecular complexity index is 3790. The van der Waals surface area contributed by atoms with Gasteiger partial charge in [0.2, 0.25) is 22.9 Å². The van der Waals surface area contributed by atoms with Gasteiger partial charge in [0.25, 0.3) is 0 Å². The number of Topliss-reactive ketones (excluding diaryl/α,β-unsaturated/α-hetero) is 2. The number of ketones is 2. The topological polar surface area (TPSA) is 124 Å². The summed E-state index contributed by atoms with van der Waals surface area (Å²) >= 11 is 0. The number of carboxylic acids is 1. The highest BCUT2D eigenvalue weighted by atomic mass is 16.4. The fraction of sp³-hybridized carbons (Fsp3) is 0.358. The van der Waals surface area contributed by atoms with Crippen molar-refractivity contribution >= 4 is 73.3 Å². The van der Waals surface area contributed by atoms with Crippen molar-refractivity contribution in [1.29, 1.82) is 0 Å². The lowest BCUT2D eigenvalue weighted by Crippen LogP contribution is -2.32. The summed E-state index contributed by atoms with van der Waals surface area (Å²) < 4.78 is 4.38. The van der Waals surface area contributed by atoms with Gasteiger partial charge in [-0.05, 0) is 99.4 Å². The zero-order valence-electron chi connectivity index (χ0n) is 46.8. The highest BCUT2D eigenvalue weighted by molar-refractivity contribution is 6.25. The number of rotatable bonds is 13. The fourth-order valence-corrected chi connectivity index (χ4v) is 13.9. The van der Waals surface area contributed by atoms with Gasteiger partial charge in [0.1, 0.15) is 25.1 Å². The number of aromatic carboxylic acids is 1. The molecule has 0 amide bonds. The zero-order chi connectivity index (χ0) is 55.0. The van der Waals surface area contributed by atoms with Crippen LogP contribution in [0.1, 0.15) is 140 Å². The molecule has 11 rings (SSSR count). The van der Waals surface area contributed by atoms with Gasteiger partial charge in [-0.1, -0.05) is 109 Å². The number of aliphatic hydroxyl groups excluding tert-OH is 2. The van der Waals surface area contributed by atoms with Gasteiger partial charge in [-0.25, -0.2) is 4.79 Å². The second-order valence-corrected chi connectivity index (χ2v) is 24.1. The van der Waals surface area contributed by atoms with Crippen LogP contribution in [0.3, 0.4) is 0 Å². The fourth-order valence-electron chi connectivity index (χ4n) is 13.9. The van der Waals surface area contributed by atoms with Crippen molar-refractivity contribution in [1.82, 2.24) is 0 Å². The van der Waals surface area contributed by atoms with Gasteiger partial charge in [-0.2, -0.15) is 9.15 Å². The van der Waals surface area contributed by atoms with Crippen LogP contribution in [-0.2, 0) is 31.2 Å². The highest BCUT2D eigenvalue weighted by Gasteiger charge is 2.50. The van der Waals surface area contributed by atoms with E-state index in [-0.39, 0.29) is 39.8 Å². The normalized spacial score (nSPS) is 21.7. The van der Waals surface area contributed by atoms with Crippen LogP contribution in [0.4, 0.5) is 22.7 Å². The van der Waals surface area contributed by atoms with E-state index < -0.39 is 27.6 Å². The summed E-state index contributed by atoms with van der Waals surface area (Å²) in [6.07, 6.45) is 14.2. The van der Waals surface area contributed by atoms with Crippen molar-refractivity contribution in [2.75, 3.05) is 37.0 Å². The van der Waals surface area contributed by atoms with E-state index in [9.17, 15) is 29.7 Å². The van der Waals surface area contributed by atoms with Gasteiger partial charge in [0.05, 0.1) is 49.8 Å². The van der Waals surface area contributed by atoms with Crippen LogP contribution in [0, 0.1) is 0 Å². The largest absolute Gasteiger partial charge is 0.506 e. The van der Waals surface area contributed by atoms with Crippen LogP contribution in [0.2, 0.25) is 0 Å². The molecule has 0 unspecified atom stereocenters. The predicted octanol–water partition coefficient (Wildman–Crippen LogP) is 14.1. The minimum absolute atomic E-state index is 0.00984. The molecule has 5 aromatic rings. The van der Waals surface area contributed by atoms with Gasteiger partial charge < -0.3 is 25.1 Å². The van der Waals surface area contributed by atoms with E-state index in [2.05, 4.69) is 149 Å². The average Bonchev–Trinajstić information content (AvgIpc) is 4.18. The second kappa shape index (κ2) is 18.0. The molecule has 0 saturated heterocycles. The Morgan fingerprint density at radius 3 is 1.90 bits per heavy atom. The summed E-state index contributed by atoms with van der Waals surface area (Å²) in [5.41, 5.74) is 11.4. The smallest absolute Gasteiger partial charge is 0.335 e. The van der Waals surface area contributed by atoms with Crippen LogP contribution in [0.5, 0.6) is 0 Å². The Morgan fingerprint density at radius 2 is 1.23 bits per heavy atom. The van der Waals surface area contributed by atoms with Crippen molar-refractivity contribution in [2.24, 2.45) is 0 Å². The molecule has 10 nitrogen and oxygen atoms in total. The Balaban J connectivity index is 0.917. The van der Waals surface area contributed by atoms with Crippen LogP contribution in [-0.4, -0.2) is 80.6 Å². The van der Waals surface area contributed by atoms with E-state index in [1.807, 2.05) is 44.5 Å². The van der Waals surface area contributed by atoms with Crippen LogP contribution >= 0.6 is 0 Å². The van der Waals surface area contributed by atoms with Gasteiger partial charge in [-0.15, -0.1) is 0 Å². The lowest BCUT2D eigenvalue weighted by molar-refractivity contribution is -0.438. The number of carbonyl (C=O) groups excluding carboxylic acids is 2. The van der Waals surface area contributed by atoms with Crippen molar-refractivity contribution in [3.8, 4) is 0 Å². The molecule has 4 aliphatic heterocycles. The van der Waals surface area contributed by atoms with Crippen molar-refractivity contribution < 1.29 is 38.9 Å². The molecular weight excluding hydrogens is 957 g/mol. The van der Waals surface area contributed by atoms with E-state index in [1.165, 1.54) is 35.6 Å². The van der Waals surface area contributed by atoms with Crippen LogP contribution < -0.4 is 9.80 Å². The third kappa shape index (κ3) is 7.44. The molecule has 3 N–H and O–H groups in total. The van der Waals surface area contributed by atoms with Gasteiger partial charge in [0, 0.05) is 82.7 Å². The molecular formula is C67H72N4O6+2. The molecule has 0 saturated carbocycles. The molecule has 10 heteroatoms. The summed E-state index contributed by atoms with van der Waals surface area (Å²) in [6.45, 7) is 22.9. The molecule has 394 valence electrons. The highest BCUT2D eigenvalue weighted by Crippen LogP contribution is 2.55. The van der Waals surface area contributed by atoms with E-state index in [4.69, 9.17) is 0 Å². The molecule has 2 aliphatic carbocycles. The minimum Gasteiger partial charge on any atom is -0.506 e. The first kappa shape index (κ1) is 51.5. The molecule has 4 heterocycles. The number of allylic oxidation sites excluding steroid dienone is 10. The van der Waals surface area contributed by atoms with Gasteiger partial charge >= 0.3 is 5.97 Å². The molecule has 6 aliphatic rings. The Labute approximate surface area is 452 Å². The summed E-state index contributed by atoms with van der Waals surface area (Å²) in [5.74, 6) is -1.43. The Hall–Kier alpha value is -7.59. The number of anilines is 2. The number of aliphatic hydroxyl groups is 2. The first-order valence-corrected chi connectivity index (χ1v) is 27.6. The maximum Gasteiger partial charge on any atom is 0.335 e. The molecule has 0 bridgehead atoms. The first-order chi connectivity index (χ1) is 36.5. The summed E-state index contributed by atoms with van der Waals surface area (Å²) in [5, 5.41) is 38.0. The average molecular weight is 1030 g/mol. The molecule has 0 radical (unpaired) electrons. The lowest BCUT2D eigenvalue weighted by Gasteiger charge is -2.28. The quantitative estimate of drug-likeness (QED) is 0.0605. The van der Waals surface area contributed by atoms with Gasteiger partial charge in [0.15, 0.2) is 11.4 Å². The van der Waals surface area contributed by atoms with Crippen molar-refractivity contribution in [2.45, 2.75) is 129 Å². The molecule has 0 spiro atoms. The summed E-state index contributed by atoms with van der Waals surface area (Å²) in [7, 11) is 4.06. The Kier molecular flexibility index (Phi) is 12.0. The van der Waals surface area contributed by atoms with Gasteiger partial charge in [-0.3, -0.25) is 9.59 Å². The molecule has 0 fully saturated rings. The maximum atomic E-state index is 14.4. The predicted molar refractivity (Wildman–Crippen MR) is 311 cm³/mol. The number of fused-ring (bicyclic) bond motifs is 9. The number of benzene rings is 5. The molecule has 0 aromatic heterocycles. The summed E-state index contributed by atoms with van der Waals surface area (Å²) in [4.78, 5) is 45.1. The maximum absolute atomic E-state index is 14.4. The van der Waals surface area contributed by atoms with Crippen LogP contribution in [0.15, 0.2) is 148 Å². The number of likely N-dealkylation sites (N-methyl/N-ethyl adjacent to an activating group) is 2.